The fourth-order valence-electron chi connectivity index (χ4n) is 5.38. The van der Waals surface area contributed by atoms with Crippen molar-refractivity contribution in [2.75, 3.05) is 26.2 Å². The Morgan fingerprint density at radius 3 is 2.37 bits per heavy atom. The van der Waals surface area contributed by atoms with Crippen LogP contribution >= 0.6 is 0 Å². The number of carbonyl (C=O) groups excluding carboxylic acids is 2. The highest BCUT2D eigenvalue weighted by Crippen LogP contribution is 2.44. The third-order valence-electron chi connectivity index (χ3n) is 6.96. The molecule has 2 aliphatic rings. The minimum absolute atomic E-state index is 0. The number of benzene rings is 1. The Labute approximate surface area is 204 Å². The lowest BCUT2D eigenvalue weighted by atomic mass is 9.80. The number of halogens is 3. The molecule has 1 aromatic heterocycles. The van der Waals surface area contributed by atoms with Crippen molar-refractivity contribution in [1.29, 1.82) is 0 Å². The number of aromatic nitrogens is 1. The van der Waals surface area contributed by atoms with E-state index in [-0.39, 0.29) is 33.1 Å². The Bertz CT molecular complexity index is 1120. The Balaban J connectivity index is 0.00000361. The second kappa shape index (κ2) is 9.22. The summed E-state index contributed by atoms with van der Waals surface area (Å²) in [5, 5.41) is 0. The van der Waals surface area contributed by atoms with Gasteiger partial charge in [-0.3, -0.25) is 14.5 Å². The van der Waals surface area contributed by atoms with E-state index in [1.807, 2.05) is 25.7 Å². The Morgan fingerprint density at radius 2 is 1.80 bits per heavy atom. The second-order valence-corrected chi connectivity index (χ2v) is 9.61. The Morgan fingerprint density at radius 1 is 1.11 bits per heavy atom. The third-order valence-corrected chi connectivity index (χ3v) is 6.96. The summed E-state index contributed by atoms with van der Waals surface area (Å²) in [5.41, 5.74) is 5.91. The largest absolute Gasteiger partial charge is 0.491 e. The SMILES string of the molecule is Cc1cc(C(=O)N2CCC3(CC2)c2ccc(C(F)(F)F)n2CCN3CC(N)=O)ccc1OC(C)C.[HH]. The topological polar surface area (TPSA) is 80.8 Å². The number of rotatable bonds is 5. The summed E-state index contributed by atoms with van der Waals surface area (Å²) in [6.45, 7) is 6.81. The van der Waals surface area contributed by atoms with Gasteiger partial charge in [-0.1, -0.05) is 0 Å². The van der Waals surface area contributed by atoms with E-state index >= 15 is 0 Å². The second-order valence-electron chi connectivity index (χ2n) is 9.61. The van der Waals surface area contributed by atoms with Crippen molar-refractivity contribution in [3.63, 3.8) is 0 Å². The molecule has 10 heteroatoms. The predicted molar refractivity (Wildman–Crippen MR) is 126 cm³/mol. The first-order valence-electron chi connectivity index (χ1n) is 11.8. The van der Waals surface area contributed by atoms with Crippen molar-refractivity contribution in [3.8, 4) is 5.75 Å². The van der Waals surface area contributed by atoms with Crippen LogP contribution in [0.3, 0.4) is 0 Å². The van der Waals surface area contributed by atoms with Crippen molar-refractivity contribution >= 4 is 11.8 Å². The molecule has 0 atom stereocenters. The number of likely N-dealkylation sites (tertiary alicyclic amines) is 1. The highest BCUT2D eigenvalue weighted by Gasteiger charge is 2.49. The number of fused-ring (bicyclic) bond motifs is 2. The standard InChI is InChI=1S/C25H31F3N4O3.H2/c1-16(2)35-19-5-4-18(14-17(19)3)23(34)30-10-8-24(9-11-30)20-6-7-21(25(26,27)28)32(20)13-12-31(24)15-22(29)33;/h4-7,14,16H,8-13,15H2,1-3H3,(H2,29,33);1H. The zero-order chi connectivity index (χ0) is 25.5. The van der Waals surface area contributed by atoms with E-state index < -0.39 is 23.3 Å². The Kier molecular flexibility index (Phi) is 6.61. The molecule has 2 amide bonds. The molecule has 1 saturated heterocycles. The number of nitrogens with zero attached hydrogens (tertiary/aromatic N) is 3. The van der Waals surface area contributed by atoms with Crippen molar-refractivity contribution in [1.82, 2.24) is 14.4 Å². The number of amides is 2. The molecule has 35 heavy (non-hydrogen) atoms. The summed E-state index contributed by atoms with van der Waals surface area (Å²) >= 11 is 0. The van der Waals surface area contributed by atoms with E-state index in [0.717, 1.165) is 17.4 Å². The van der Waals surface area contributed by atoms with Crippen molar-refractivity contribution in [2.24, 2.45) is 5.73 Å². The zero-order valence-electron chi connectivity index (χ0n) is 20.2. The minimum Gasteiger partial charge on any atom is -0.491 e. The van der Waals surface area contributed by atoms with E-state index in [1.54, 1.807) is 23.1 Å². The highest BCUT2D eigenvalue weighted by molar-refractivity contribution is 5.94. The van der Waals surface area contributed by atoms with Crippen LogP contribution in [0.1, 0.15) is 55.4 Å². The highest BCUT2D eigenvalue weighted by atomic mass is 19.4. The number of aryl methyl sites for hydroxylation is 1. The number of hydrogen-bond acceptors (Lipinski definition) is 4. The molecule has 1 aromatic carbocycles. The fraction of sp³-hybridized carbons (Fsp3) is 0.520. The quantitative estimate of drug-likeness (QED) is 0.686. The molecule has 2 aromatic rings. The number of primary amides is 1. The van der Waals surface area contributed by atoms with Gasteiger partial charge in [-0.15, -0.1) is 0 Å². The predicted octanol–water partition coefficient (Wildman–Crippen LogP) is 3.78. The van der Waals surface area contributed by atoms with Crippen LogP contribution in [-0.4, -0.2) is 58.5 Å². The van der Waals surface area contributed by atoms with Gasteiger partial charge in [0.25, 0.3) is 5.91 Å². The average Bonchev–Trinajstić information content (AvgIpc) is 3.23. The molecule has 0 saturated carbocycles. The van der Waals surface area contributed by atoms with Crippen LogP contribution in [0, 0.1) is 6.92 Å². The van der Waals surface area contributed by atoms with Gasteiger partial charge >= 0.3 is 6.18 Å². The van der Waals surface area contributed by atoms with Gasteiger partial charge in [0.05, 0.1) is 18.2 Å². The van der Waals surface area contributed by atoms with E-state index in [2.05, 4.69) is 0 Å². The summed E-state index contributed by atoms with van der Waals surface area (Å²) in [6, 6.07) is 7.93. The van der Waals surface area contributed by atoms with Crippen LogP contribution in [0.15, 0.2) is 30.3 Å². The van der Waals surface area contributed by atoms with Gasteiger partial charge in [0.2, 0.25) is 5.91 Å². The van der Waals surface area contributed by atoms with Crippen molar-refractivity contribution in [2.45, 2.75) is 58.0 Å². The van der Waals surface area contributed by atoms with E-state index in [4.69, 9.17) is 10.5 Å². The molecular weight excluding hydrogens is 461 g/mol. The van der Waals surface area contributed by atoms with Crippen molar-refractivity contribution in [3.05, 3.63) is 52.8 Å². The minimum atomic E-state index is -4.47. The first kappa shape index (κ1) is 25.1. The van der Waals surface area contributed by atoms with Gasteiger partial charge in [-0.05, 0) is 69.5 Å². The molecule has 0 unspecified atom stereocenters. The molecule has 1 fully saturated rings. The van der Waals surface area contributed by atoms with Crippen LogP contribution in [0.4, 0.5) is 13.2 Å². The summed E-state index contributed by atoms with van der Waals surface area (Å²) in [4.78, 5) is 28.6. The number of carbonyl (C=O) groups is 2. The molecule has 192 valence electrons. The van der Waals surface area contributed by atoms with E-state index in [1.165, 1.54) is 10.6 Å². The van der Waals surface area contributed by atoms with Crippen LogP contribution in [0.5, 0.6) is 5.75 Å². The molecule has 4 rings (SSSR count). The maximum atomic E-state index is 13.6. The zero-order valence-corrected chi connectivity index (χ0v) is 20.2. The van der Waals surface area contributed by atoms with Gasteiger partial charge in [0.15, 0.2) is 0 Å². The summed E-state index contributed by atoms with van der Waals surface area (Å²) < 4.78 is 47.8. The normalized spacial score (nSPS) is 18.1. The lowest BCUT2D eigenvalue weighted by Crippen LogP contribution is -2.59. The maximum absolute atomic E-state index is 13.6. The van der Waals surface area contributed by atoms with Gasteiger partial charge in [-0.2, -0.15) is 13.2 Å². The van der Waals surface area contributed by atoms with E-state index in [0.29, 0.717) is 37.2 Å². The number of nitrogens with two attached hydrogens (primary N) is 1. The molecule has 2 aliphatic heterocycles. The van der Waals surface area contributed by atoms with Crippen LogP contribution in [-0.2, 0) is 23.1 Å². The Hall–Kier alpha value is -3.01. The lowest BCUT2D eigenvalue weighted by Gasteiger charge is -2.51. The summed E-state index contributed by atoms with van der Waals surface area (Å²) in [5.74, 6) is 0.0560. The van der Waals surface area contributed by atoms with Gasteiger partial charge in [0.1, 0.15) is 11.4 Å². The molecular formula is C25H33F3N4O3. The monoisotopic (exact) mass is 494 g/mol. The smallest absolute Gasteiger partial charge is 0.431 e. The van der Waals surface area contributed by atoms with Crippen LogP contribution in [0.25, 0.3) is 0 Å². The molecule has 0 radical (unpaired) electrons. The van der Waals surface area contributed by atoms with Gasteiger partial charge in [0, 0.05) is 38.9 Å². The number of alkyl halides is 3. The maximum Gasteiger partial charge on any atom is 0.431 e. The molecule has 1 spiro atoms. The van der Waals surface area contributed by atoms with Gasteiger partial charge in [-0.25, -0.2) is 0 Å². The van der Waals surface area contributed by atoms with Crippen molar-refractivity contribution < 1.29 is 28.9 Å². The number of piperidine rings is 1. The van der Waals surface area contributed by atoms with Crippen LogP contribution < -0.4 is 10.5 Å². The number of ether oxygens (including phenoxy) is 1. The molecule has 3 heterocycles. The van der Waals surface area contributed by atoms with E-state index in [9.17, 15) is 22.8 Å². The van der Waals surface area contributed by atoms with Crippen LogP contribution in [0.2, 0.25) is 0 Å². The summed E-state index contributed by atoms with van der Waals surface area (Å²) in [7, 11) is 0. The fourth-order valence-corrected chi connectivity index (χ4v) is 5.38. The average molecular weight is 495 g/mol. The molecule has 7 nitrogen and oxygen atoms in total. The number of hydrogen-bond donors (Lipinski definition) is 1. The molecule has 0 bridgehead atoms. The molecule has 2 N–H and O–H groups in total. The first-order valence-corrected chi connectivity index (χ1v) is 11.8. The first-order chi connectivity index (χ1) is 16.4. The third kappa shape index (κ3) is 4.76. The van der Waals surface area contributed by atoms with Gasteiger partial charge < -0.3 is 19.9 Å². The molecule has 0 aliphatic carbocycles. The lowest BCUT2D eigenvalue weighted by molar-refractivity contribution is -0.145. The summed E-state index contributed by atoms with van der Waals surface area (Å²) in [6.07, 6.45) is -3.64.